The van der Waals surface area contributed by atoms with E-state index >= 15 is 0 Å². The second kappa shape index (κ2) is 6.40. The zero-order valence-electron chi connectivity index (χ0n) is 11.4. The molecule has 1 rings (SSSR count). The van der Waals surface area contributed by atoms with Crippen LogP contribution in [0.15, 0.2) is 5.16 Å². The molecule has 0 aromatic heterocycles. The van der Waals surface area contributed by atoms with Gasteiger partial charge < -0.3 is 21.6 Å². The van der Waals surface area contributed by atoms with Gasteiger partial charge in [0.2, 0.25) is 11.8 Å². The summed E-state index contributed by atoms with van der Waals surface area (Å²) in [5.74, 6) is -1.66. The van der Waals surface area contributed by atoms with E-state index < -0.39 is 5.92 Å². The lowest BCUT2D eigenvalue weighted by Gasteiger charge is -2.38. The molecule has 108 valence electrons. The molecule has 3 atom stereocenters. The van der Waals surface area contributed by atoms with E-state index in [-0.39, 0.29) is 29.6 Å². The van der Waals surface area contributed by atoms with Gasteiger partial charge in [-0.3, -0.25) is 9.59 Å². The molecule has 1 aliphatic rings. The number of amidine groups is 1. The standard InChI is InChI=1S/C12H22N4O3/c1-3-9(10(13)15-19)12(18)16-6-8(11(14)17)5-4-7(16)2/h7-9,19H,3-6H2,1-2H3,(H2,13,15)(H2,14,17). The van der Waals surface area contributed by atoms with Crippen molar-refractivity contribution in [3.63, 3.8) is 0 Å². The summed E-state index contributed by atoms with van der Waals surface area (Å²) in [5.41, 5.74) is 10.8. The fourth-order valence-electron chi connectivity index (χ4n) is 2.43. The molecular formula is C12H22N4O3. The Morgan fingerprint density at radius 3 is 2.53 bits per heavy atom. The SMILES string of the molecule is CCC(C(=O)N1CC(C(N)=O)CCC1C)C(N)=NO. The van der Waals surface area contributed by atoms with Gasteiger partial charge in [-0.15, -0.1) is 0 Å². The number of primary amides is 1. The molecule has 0 radical (unpaired) electrons. The van der Waals surface area contributed by atoms with Crippen LogP contribution in [-0.4, -0.2) is 40.3 Å². The van der Waals surface area contributed by atoms with Crippen LogP contribution in [0.1, 0.15) is 33.1 Å². The Bertz CT molecular complexity index is 383. The highest BCUT2D eigenvalue weighted by Crippen LogP contribution is 2.24. The zero-order valence-corrected chi connectivity index (χ0v) is 11.4. The summed E-state index contributed by atoms with van der Waals surface area (Å²) in [5, 5.41) is 11.6. The van der Waals surface area contributed by atoms with Crippen LogP contribution in [0, 0.1) is 11.8 Å². The van der Waals surface area contributed by atoms with Gasteiger partial charge in [-0.2, -0.15) is 0 Å². The van der Waals surface area contributed by atoms with Crippen LogP contribution in [0.2, 0.25) is 0 Å². The van der Waals surface area contributed by atoms with E-state index in [1.165, 1.54) is 0 Å². The van der Waals surface area contributed by atoms with Crippen LogP contribution in [0.25, 0.3) is 0 Å². The molecule has 0 aromatic rings. The summed E-state index contributed by atoms with van der Waals surface area (Å²) in [4.78, 5) is 25.3. The van der Waals surface area contributed by atoms with Gasteiger partial charge in [0.1, 0.15) is 0 Å². The van der Waals surface area contributed by atoms with E-state index in [2.05, 4.69) is 5.16 Å². The highest BCUT2D eigenvalue weighted by molar-refractivity contribution is 6.02. The van der Waals surface area contributed by atoms with Crippen molar-refractivity contribution < 1.29 is 14.8 Å². The van der Waals surface area contributed by atoms with Crippen molar-refractivity contribution in [1.82, 2.24) is 4.90 Å². The van der Waals surface area contributed by atoms with Gasteiger partial charge in [0.15, 0.2) is 5.84 Å². The summed E-state index contributed by atoms with van der Waals surface area (Å²) >= 11 is 0. The molecule has 7 nitrogen and oxygen atoms in total. The number of piperidine rings is 1. The van der Waals surface area contributed by atoms with Gasteiger partial charge in [0.05, 0.1) is 11.8 Å². The van der Waals surface area contributed by atoms with E-state index in [1.54, 1.807) is 11.8 Å². The second-order valence-electron chi connectivity index (χ2n) is 5.00. The Kier molecular flexibility index (Phi) is 5.14. The third kappa shape index (κ3) is 3.36. The van der Waals surface area contributed by atoms with E-state index in [1.807, 2.05) is 6.92 Å². The fraction of sp³-hybridized carbons (Fsp3) is 0.750. The van der Waals surface area contributed by atoms with Crippen LogP contribution in [0.3, 0.4) is 0 Å². The Morgan fingerprint density at radius 2 is 2.05 bits per heavy atom. The first kappa shape index (κ1) is 15.3. The molecule has 7 heteroatoms. The lowest BCUT2D eigenvalue weighted by molar-refractivity contribution is -0.139. The van der Waals surface area contributed by atoms with Crippen LogP contribution in [0.4, 0.5) is 0 Å². The van der Waals surface area contributed by atoms with Crippen molar-refractivity contribution in [2.75, 3.05) is 6.54 Å². The molecular weight excluding hydrogens is 248 g/mol. The predicted molar refractivity (Wildman–Crippen MR) is 70.3 cm³/mol. The van der Waals surface area contributed by atoms with E-state index in [0.29, 0.717) is 19.4 Å². The van der Waals surface area contributed by atoms with Gasteiger partial charge in [-0.1, -0.05) is 12.1 Å². The Hall–Kier alpha value is -1.79. The number of nitrogens with zero attached hydrogens (tertiary/aromatic N) is 2. The van der Waals surface area contributed by atoms with Crippen LogP contribution < -0.4 is 11.5 Å². The van der Waals surface area contributed by atoms with Crippen molar-refractivity contribution in [2.24, 2.45) is 28.5 Å². The van der Waals surface area contributed by atoms with Gasteiger partial charge in [0, 0.05) is 12.6 Å². The number of hydrogen-bond acceptors (Lipinski definition) is 4. The molecule has 1 fully saturated rings. The summed E-state index contributed by atoms with van der Waals surface area (Å²) in [6.07, 6.45) is 1.87. The molecule has 2 amide bonds. The fourth-order valence-corrected chi connectivity index (χ4v) is 2.43. The van der Waals surface area contributed by atoms with E-state index in [9.17, 15) is 9.59 Å². The second-order valence-corrected chi connectivity index (χ2v) is 5.00. The quantitative estimate of drug-likeness (QED) is 0.285. The van der Waals surface area contributed by atoms with Gasteiger partial charge in [-0.05, 0) is 26.2 Å². The Labute approximate surface area is 112 Å². The average molecular weight is 270 g/mol. The Morgan fingerprint density at radius 1 is 1.42 bits per heavy atom. The summed E-state index contributed by atoms with van der Waals surface area (Å²) in [6, 6.07) is 0.0312. The minimum absolute atomic E-state index is 0.0312. The molecule has 0 saturated carbocycles. The first-order valence-electron chi connectivity index (χ1n) is 6.49. The summed E-state index contributed by atoms with van der Waals surface area (Å²) < 4.78 is 0. The molecule has 0 bridgehead atoms. The molecule has 5 N–H and O–H groups in total. The molecule has 1 aliphatic heterocycles. The number of rotatable bonds is 4. The smallest absolute Gasteiger partial charge is 0.233 e. The van der Waals surface area contributed by atoms with E-state index in [0.717, 1.165) is 6.42 Å². The van der Waals surface area contributed by atoms with Crippen molar-refractivity contribution in [3.05, 3.63) is 0 Å². The zero-order chi connectivity index (χ0) is 14.6. The normalized spacial score (nSPS) is 26.0. The maximum Gasteiger partial charge on any atom is 0.233 e. The summed E-state index contributed by atoms with van der Waals surface area (Å²) in [6.45, 7) is 4.03. The third-order valence-electron chi connectivity index (χ3n) is 3.75. The number of oxime groups is 1. The molecule has 0 aromatic carbocycles. The van der Waals surface area contributed by atoms with Crippen LogP contribution in [-0.2, 0) is 9.59 Å². The monoisotopic (exact) mass is 270 g/mol. The number of likely N-dealkylation sites (tertiary alicyclic amines) is 1. The minimum Gasteiger partial charge on any atom is -0.409 e. The van der Waals surface area contributed by atoms with Crippen LogP contribution >= 0.6 is 0 Å². The lowest BCUT2D eigenvalue weighted by atomic mass is 9.91. The molecule has 19 heavy (non-hydrogen) atoms. The topological polar surface area (TPSA) is 122 Å². The first-order valence-corrected chi connectivity index (χ1v) is 6.49. The number of amides is 2. The van der Waals surface area contributed by atoms with Gasteiger partial charge in [-0.25, -0.2) is 0 Å². The van der Waals surface area contributed by atoms with Crippen molar-refractivity contribution in [3.8, 4) is 0 Å². The molecule has 0 aliphatic carbocycles. The molecule has 1 saturated heterocycles. The first-order chi connectivity index (χ1) is 8.92. The number of hydrogen-bond donors (Lipinski definition) is 3. The number of nitrogens with two attached hydrogens (primary N) is 2. The molecule has 1 heterocycles. The van der Waals surface area contributed by atoms with Crippen molar-refractivity contribution >= 4 is 17.6 Å². The highest BCUT2D eigenvalue weighted by Gasteiger charge is 2.35. The third-order valence-corrected chi connectivity index (χ3v) is 3.75. The molecule has 3 unspecified atom stereocenters. The van der Waals surface area contributed by atoms with Crippen molar-refractivity contribution in [1.29, 1.82) is 0 Å². The summed E-state index contributed by atoms with van der Waals surface area (Å²) in [7, 11) is 0. The van der Waals surface area contributed by atoms with Gasteiger partial charge in [0.25, 0.3) is 0 Å². The lowest BCUT2D eigenvalue weighted by Crippen LogP contribution is -2.52. The Balaban J connectivity index is 2.86. The van der Waals surface area contributed by atoms with Crippen LogP contribution in [0.5, 0.6) is 0 Å². The number of carbonyl (C=O) groups is 2. The minimum atomic E-state index is -0.654. The van der Waals surface area contributed by atoms with Crippen molar-refractivity contribution in [2.45, 2.75) is 39.2 Å². The maximum absolute atomic E-state index is 12.4. The maximum atomic E-state index is 12.4. The van der Waals surface area contributed by atoms with E-state index in [4.69, 9.17) is 16.7 Å². The average Bonchev–Trinajstić information content (AvgIpc) is 2.39. The largest absolute Gasteiger partial charge is 0.409 e. The predicted octanol–water partition coefficient (Wildman–Crippen LogP) is -0.129. The van der Waals surface area contributed by atoms with Gasteiger partial charge >= 0.3 is 0 Å². The number of carbonyl (C=O) groups excluding carboxylic acids is 2. The highest BCUT2D eigenvalue weighted by atomic mass is 16.4. The molecule has 0 spiro atoms.